The summed E-state index contributed by atoms with van der Waals surface area (Å²) in [6.45, 7) is 23.4. The van der Waals surface area contributed by atoms with E-state index in [0.717, 1.165) is 21.8 Å². The summed E-state index contributed by atoms with van der Waals surface area (Å²) in [5.74, 6) is 0.140. The summed E-state index contributed by atoms with van der Waals surface area (Å²) in [5, 5.41) is 22.4. The van der Waals surface area contributed by atoms with Crippen molar-refractivity contribution in [2.24, 2.45) is 0 Å². The van der Waals surface area contributed by atoms with E-state index in [1.807, 2.05) is 0 Å². The number of thiol groups is 1. The van der Waals surface area contributed by atoms with Gasteiger partial charge in [0, 0.05) is 0 Å². The number of rotatable bonds is 16. The number of nitrogens with one attached hydrogen (secondary N) is 6. The van der Waals surface area contributed by atoms with Crippen LogP contribution in [-0.4, -0.2) is 272 Å². The molecule has 6 aliphatic rings. The van der Waals surface area contributed by atoms with Gasteiger partial charge in [0.15, 0.2) is 82.5 Å². The minimum atomic E-state index is -4.45. The van der Waals surface area contributed by atoms with E-state index in [2.05, 4.69) is 155 Å². The van der Waals surface area contributed by atoms with Crippen LogP contribution in [-0.2, 0) is 95.1 Å². The van der Waals surface area contributed by atoms with Gasteiger partial charge >= 0.3 is 13.5 Å². The molecule has 6 saturated heterocycles. The van der Waals surface area contributed by atoms with Crippen LogP contribution < -0.4 is 57.7 Å². The van der Waals surface area contributed by atoms with Crippen molar-refractivity contribution in [1.82, 2.24) is 78.1 Å². The second-order valence-electron chi connectivity index (χ2n) is 27.6. The molecule has 43 nitrogen and oxygen atoms in total. The molecule has 14 rings (SSSR count). The molecule has 0 saturated carbocycles. The molecule has 0 aromatic carbocycles. The summed E-state index contributed by atoms with van der Waals surface area (Å²) < 4.78 is 118. The van der Waals surface area contributed by atoms with Crippen molar-refractivity contribution in [1.29, 1.82) is 0 Å². The highest BCUT2D eigenvalue weighted by Crippen LogP contribution is 2.59. The molecule has 0 radical (unpaired) electrons. The fourth-order valence-corrected chi connectivity index (χ4v) is 19.4. The Kier molecular flexibility index (Phi) is 35.1. The van der Waals surface area contributed by atoms with Gasteiger partial charge in [0.1, 0.15) is 104 Å². The van der Waals surface area contributed by atoms with Crippen molar-refractivity contribution in [3.8, 4) is 0 Å². The fraction of sp³-hybridized carbons (Fsp3) is 0.692. The van der Waals surface area contributed by atoms with Crippen molar-refractivity contribution in [3.63, 3.8) is 0 Å². The number of aromatic amines is 2. The number of anilines is 3. The standard InChI is InChI=1S/C21H24FN9O10P2S2.C20H23FN10O10P2S2.4C6H15N/c1-7-28-18-12(19(33)29-7)27-6-31(18)20-10(22)14-8(38-20)2-36-43(35,45)41-15-9(3-37-42(34,44)40-14)39-21(13(15)32)30-5-26-11-16(23)24-4-25-17(11)30;21-8-12-6(38-18(8)31-5-27-10-16(31)28-20(23)29-17(10)33)1-36-43(35,45)41-13-7(2-37-42(34,44)40-12)39-19(11(13)32)30-4-26-9-14(22)24-3-25-15(9)30;4*1-4-7(5-2)6-3/h4-6,8-10,13-15,20-21,32H,2-3H2,1H3,(H,34,44)(H,35,45)(H2,23,24,25)(H,28,29,33);3-8,11-13,18-19,32H,1-2H2,(H,34,44)(H,35,45)(H2,22,24,25)(H3,23,28,29,33);4*4-6H2,1-3H3/p+2/t8-,9-,10-,13-,14-,15-,20-,21-,42?,43?;6-,7-,8-,11-,12-,13-,18-,19-,42?,43?;;;;/m11..../s1. The first-order chi connectivity index (χ1) is 56.0. The molecule has 20 atom stereocenters. The lowest BCUT2D eigenvalue weighted by molar-refractivity contribution is -0.894. The number of alkyl halides is 2. The Hall–Kier alpha value is -5.25. The number of hydrogen-bond acceptors (Lipinski definition) is 35. The van der Waals surface area contributed by atoms with Gasteiger partial charge in [-0.05, 0) is 102 Å². The molecule has 4 unspecified atom stereocenters. The lowest BCUT2D eigenvalue weighted by Crippen LogP contribution is -3.11. The van der Waals surface area contributed by atoms with E-state index in [1.54, 1.807) is 19.6 Å². The zero-order valence-corrected chi connectivity index (χ0v) is 74.4. The maximum atomic E-state index is 16.0. The van der Waals surface area contributed by atoms with Crippen LogP contribution in [0.25, 0.3) is 44.7 Å². The first kappa shape index (κ1) is 96.6. The number of hydrogen-bond donors (Lipinski definition) is 13. The SMILES string of the molecule is CC[NH+](CC)CC.CC[NH+](CC)CC.CC[NH+](CC)CC.CC[NH+](CC)CC.Cc1nc2c(ncn2[C@@H]2O[C@@H]3COP([O-])(=S)O[C@H]4[C@@H](O)[C@H](n5cnc6c(N)ncnc65)O[C@@H]4COP(=O)(S)O[C@H]3[C@H]2F)c(=O)[nH]1.Nc1nc2c(ncn2[C@@H]2O[C@@H]3COP([O-])(=S)O[C@H]4[C@@H](O)[C@H](n5cnc6c(N)ncnc65)O[C@@H]4COP(O)(=S)O[C@H]3[C@H]2F)c(=O)[nH]1. The monoisotopic (exact) mass is 1820 g/mol. The quantitative estimate of drug-likeness (QED) is 0.0359. The van der Waals surface area contributed by atoms with Gasteiger partial charge in [-0.2, -0.15) is 4.98 Å². The molecule has 53 heteroatoms. The first-order valence-electron chi connectivity index (χ1n) is 38.7. The Morgan fingerprint density at radius 2 is 0.797 bits per heavy atom. The number of nitrogens with two attached hydrogens (primary N) is 3. The van der Waals surface area contributed by atoms with E-state index < -0.39 is 163 Å². The smallest absolute Gasteiger partial charge is 0.386 e. The van der Waals surface area contributed by atoms with Gasteiger partial charge in [0.25, 0.3) is 11.1 Å². The number of H-pyrrole nitrogens is 2. The highest BCUT2D eigenvalue weighted by molar-refractivity contribution is 8.44. The molecule has 0 amide bonds. The molecule has 6 aliphatic heterocycles. The summed E-state index contributed by atoms with van der Waals surface area (Å²) in [6.07, 6.45) is -17.1. The van der Waals surface area contributed by atoms with E-state index in [-0.39, 0.29) is 68.1 Å². The number of aryl methyl sites for hydroxylation is 1. The minimum absolute atomic E-state index is 0.0121. The molecule has 8 aromatic rings. The van der Waals surface area contributed by atoms with Crippen molar-refractivity contribution in [3.05, 3.63) is 64.5 Å². The number of ether oxygens (including phenoxy) is 4. The lowest BCUT2D eigenvalue weighted by Gasteiger charge is -2.35. The van der Waals surface area contributed by atoms with E-state index in [1.165, 1.54) is 120 Å². The van der Waals surface area contributed by atoms with E-state index in [0.29, 0.717) is 0 Å². The number of aliphatic hydroxyl groups is 2. The highest BCUT2D eigenvalue weighted by atomic mass is 32.7. The van der Waals surface area contributed by atoms with Gasteiger partial charge in [-0.1, -0.05) is 35.9 Å². The summed E-state index contributed by atoms with van der Waals surface area (Å²) in [7, 11) is 0. The van der Waals surface area contributed by atoms with Gasteiger partial charge in [-0.25, -0.2) is 58.2 Å². The zero-order chi connectivity index (χ0) is 86.5. The third-order valence-corrected chi connectivity index (χ3v) is 26.9. The molecule has 118 heavy (non-hydrogen) atoms. The largest absolute Gasteiger partial charge is 0.780 e. The van der Waals surface area contributed by atoms with E-state index in [4.69, 9.17) is 108 Å². The third-order valence-electron chi connectivity index (χ3n) is 20.6. The molecular weight excluding hydrogens is 1710 g/mol. The average Bonchev–Trinajstić information content (AvgIpc) is 1.60. The minimum Gasteiger partial charge on any atom is -0.780 e. The van der Waals surface area contributed by atoms with Crippen LogP contribution in [0.2, 0.25) is 0 Å². The number of imidazole rings is 4. The number of fused-ring (bicyclic) bond motifs is 8. The van der Waals surface area contributed by atoms with Gasteiger partial charge in [0.05, 0.1) is 130 Å². The molecule has 660 valence electrons. The normalized spacial score (nSPS) is 31.2. The van der Waals surface area contributed by atoms with Crippen LogP contribution >= 0.6 is 39.2 Å². The predicted molar refractivity (Wildman–Crippen MR) is 438 cm³/mol. The topological polar surface area (TPSA) is 545 Å². The Morgan fingerprint density at radius 1 is 0.475 bits per heavy atom. The highest BCUT2D eigenvalue weighted by Gasteiger charge is 2.55. The Labute approximate surface area is 699 Å². The summed E-state index contributed by atoms with van der Waals surface area (Å²) >= 11 is 19.3. The maximum Gasteiger partial charge on any atom is 0.386 e. The predicted octanol–water partition coefficient (Wildman–Crippen LogP) is -2.26. The molecule has 6 fully saturated rings. The summed E-state index contributed by atoms with van der Waals surface area (Å²) in [5.41, 5.74) is 16.7. The molecular formula is C65H109F2N23O20P4S4+2. The zero-order valence-electron chi connectivity index (χ0n) is 67.5. The van der Waals surface area contributed by atoms with E-state index >= 15 is 8.78 Å². The van der Waals surface area contributed by atoms with Crippen LogP contribution in [0.15, 0.2) is 47.6 Å². The average molecular weight is 1820 g/mol. The van der Waals surface area contributed by atoms with Crippen LogP contribution in [0.5, 0.6) is 0 Å². The first-order valence-corrected chi connectivity index (χ1v) is 49.1. The van der Waals surface area contributed by atoms with Crippen molar-refractivity contribution in [2.45, 2.75) is 188 Å². The van der Waals surface area contributed by atoms with Gasteiger partial charge in [-0.15, -0.1) is 0 Å². The van der Waals surface area contributed by atoms with Crippen molar-refractivity contribution in [2.75, 3.05) is 122 Å². The number of aromatic nitrogens is 16. The Morgan fingerprint density at radius 3 is 1.18 bits per heavy atom. The second-order valence-corrected chi connectivity index (χ2v) is 38.7. The molecule has 0 aliphatic carbocycles. The molecule has 8 aromatic heterocycles. The van der Waals surface area contributed by atoms with Crippen LogP contribution in [0, 0.1) is 6.92 Å². The maximum absolute atomic E-state index is 16.0. The lowest BCUT2D eigenvalue weighted by atomic mass is 10.1. The van der Waals surface area contributed by atoms with Crippen LogP contribution in [0.1, 0.15) is 114 Å². The molecule has 0 bridgehead atoms. The number of aliphatic hydroxyl groups excluding tert-OH is 2. The van der Waals surface area contributed by atoms with Crippen LogP contribution in [0.3, 0.4) is 0 Å². The van der Waals surface area contributed by atoms with Crippen molar-refractivity contribution < 1.29 is 113 Å². The third kappa shape index (κ3) is 23.4. The second kappa shape index (κ2) is 42.9. The van der Waals surface area contributed by atoms with Gasteiger partial charge in [-0.3, -0.25) is 46.4 Å². The van der Waals surface area contributed by atoms with Gasteiger partial charge in [0.2, 0.25) is 5.95 Å². The number of nitrogen functional groups attached to an aromatic ring is 3. The Balaban J connectivity index is 0.000000203. The van der Waals surface area contributed by atoms with Crippen LogP contribution in [0.4, 0.5) is 26.4 Å². The molecule has 15 N–H and O–H groups in total. The summed E-state index contributed by atoms with van der Waals surface area (Å²) in [4.78, 5) is 114. The number of halogens is 2. The Bertz CT molecular complexity index is 4580. The molecule has 14 heterocycles. The number of quaternary nitrogens is 4. The van der Waals surface area contributed by atoms with Gasteiger partial charge < -0.3 is 108 Å². The van der Waals surface area contributed by atoms with E-state index in [9.17, 15) is 39.0 Å². The number of nitrogens with zero attached hydrogens (tertiary/aromatic N) is 14. The summed E-state index contributed by atoms with van der Waals surface area (Å²) in [6, 6.07) is 0. The van der Waals surface area contributed by atoms with Crippen molar-refractivity contribution >= 4 is 137 Å². The molecule has 0 spiro atoms. The fourth-order valence-electron chi connectivity index (χ4n) is 13.6.